The van der Waals surface area contributed by atoms with Gasteiger partial charge in [-0.1, -0.05) is 0 Å². The Morgan fingerprint density at radius 3 is 2.42 bits per heavy atom. The van der Waals surface area contributed by atoms with E-state index in [9.17, 15) is 0 Å². The van der Waals surface area contributed by atoms with Crippen molar-refractivity contribution >= 4 is 3.27 Å². The van der Waals surface area contributed by atoms with E-state index >= 15 is 0 Å². The first kappa shape index (κ1) is 19.7. The van der Waals surface area contributed by atoms with E-state index in [1.165, 1.54) is 23.1 Å². The van der Waals surface area contributed by atoms with Gasteiger partial charge in [-0.05, 0) is 0 Å². The van der Waals surface area contributed by atoms with E-state index in [0.29, 0.717) is 11.8 Å². The Hall–Kier alpha value is -0.617. The van der Waals surface area contributed by atoms with Gasteiger partial charge in [0.15, 0.2) is 0 Å². The van der Waals surface area contributed by atoms with Gasteiger partial charge >= 0.3 is 145 Å². The van der Waals surface area contributed by atoms with Crippen molar-refractivity contribution in [2.75, 3.05) is 0 Å². The fraction of sp³-hybridized carbons (Fsp3) is 0.238. The zero-order valence-corrected chi connectivity index (χ0v) is 17.9. The van der Waals surface area contributed by atoms with E-state index in [0.717, 1.165) is 0 Å². The van der Waals surface area contributed by atoms with Crippen LogP contribution in [-0.4, -0.2) is 0 Å². The van der Waals surface area contributed by atoms with Crippen LogP contribution < -0.4 is 28.1 Å². The van der Waals surface area contributed by atoms with Crippen molar-refractivity contribution in [2.45, 2.75) is 26.2 Å². The second kappa shape index (κ2) is 8.17. The third kappa shape index (κ3) is 3.36. The maximum atomic E-state index is 2.41. The topological polar surface area (TPSA) is 0 Å². The van der Waals surface area contributed by atoms with Gasteiger partial charge in [-0.3, -0.25) is 0 Å². The van der Waals surface area contributed by atoms with Crippen LogP contribution in [0.5, 0.6) is 0 Å². The minimum Gasteiger partial charge on any atom is -1.00 e. The molecule has 0 N–H and O–H groups in total. The van der Waals surface area contributed by atoms with Crippen molar-refractivity contribution in [2.24, 2.45) is 5.92 Å². The Balaban J connectivity index is 0.00000104. The molecule has 0 heterocycles. The summed E-state index contributed by atoms with van der Waals surface area (Å²) in [5.74, 6) is 1.23. The molecule has 1 unspecified atom stereocenters. The van der Waals surface area contributed by atoms with Gasteiger partial charge in [0.2, 0.25) is 0 Å². The summed E-state index contributed by atoms with van der Waals surface area (Å²) < 4.78 is 3.39. The van der Waals surface area contributed by atoms with Gasteiger partial charge < -0.3 is 24.8 Å². The summed E-state index contributed by atoms with van der Waals surface area (Å²) in [5.41, 5.74) is 6.16. The monoisotopic (exact) mass is 432 g/mol. The molecule has 2 aliphatic rings. The fourth-order valence-corrected chi connectivity index (χ4v) is 7.14. The van der Waals surface area contributed by atoms with E-state index in [4.69, 9.17) is 0 Å². The van der Waals surface area contributed by atoms with Gasteiger partial charge in [0.1, 0.15) is 0 Å². The molecule has 0 saturated carbocycles. The van der Waals surface area contributed by atoms with Gasteiger partial charge in [-0.25, -0.2) is 0 Å². The summed E-state index contributed by atoms with van der Waals surface area (Å²) in [6.45, 7) is 4.74. The van der Waals surface area contributed by atoms with Gasteiger partial charge in [-0.2, -0.15) is 0 Å². The number of allylic oxidation sites excluding steroid dienone is 4. The molecule has 24 heavy (non-hydrogen) atoms. The van der Waals surface area contributed by atoms with Crippen LogP contribution in [-0.2, 0) is 23.2 Å². The average molecular weight is 435 g/mol. The molecule has 0 spiro atoms. The first-order valence-electron chi connectivity index (χ1n) is 8.10. The van der Waals surface area contributed by atoms with Crippen molar-refractivity contribution in [3.8, 4) is 11.1 Å². The minimum atomic E-state index is -0.656. The summed E-state index contributed by atoms with van der Waals surface area (Å²) in [7, 11) is 0. The van der Waals surface area contributed by atoms with Crippen molar-refractivity contribution in [1.29, 1.82) is 0 Å². The fourth-order valence-electron chi connectivity index (χ4n) is 3.82. The zero-order chi connectivity index (χ0) is 15.1. The number of rotatable bonds is 3. The van der Waals surface area contributed by atoms with Crippen LogP contribution in [0.2, 0.25) is 0 Å². The summed E-state index contributed by atoms with van der Waals surface area (Å²) >= 11 is -0.656. The number of fused-ring (bicyclic) bond motifs is 3. The van der Waals surface area contributed by atoms with Gasteiger partial charge in [0.25, 0.3) is 0 Å². The standard InChI is InChI=1S/C16H15.C5H5.2ClH.Zr/c1-11(2)16-14-9-5-3-7-12(14)13-8-4-6-10-15(13)16;1-2-4-5-3-1;;;/h3-9,11,16H,1-2H3;1-3H,4H2;2*1H;/q;;;;+2/p-2. The molecule has 0 radical (unpaired) electrons. The van der Waals surface area contributed by atoms with Gasteiger partial charge in [-0.15, -0.1) is 0 Å². The molecule has 2 aromatic rings. The van der Waals surface area contributed by atoms with Crippen LogP contribution >= 0.6 is 0 Å². The number of hydrogen-bond donors (Lipinski definition) is 0. The van der Waals surface area contributed by atoms with E-state index in [1.807, 2.05) is 0 Å². The second-order valence-corrected chi connectivity index (χ2v) is 10.0. The smallest absolute Gasteiger partial charge is 1.00 e. The maximum Gasteiger partial charge on any atom is -1.00 e. The molecule has 0 amide bonds. The molecule has 0 bridgehead atoms. The van der Waals surface area contributed by atoms with Gasteiger partial charge in [0, 0.05) is 0 Å². The summed E-state index contributed by atoms with van der Waals surface area (Å²) in [6, 6.07) is 16.0. The molecule has 3 heteroatoms. The molecule has 0 saturated heterocycles. The molecule has 122 valence electrons. The first-order valence-corrected chi connectivity index (χ1v) is 10.6. The van der Waals surface area contributed by atoms with E-state index < -0.39 is 23.2 Å². The van der Waals surface area contributed by atoms with E-state index in [1.54, 1.807) is 12.1 Å². The molecule has 0 fully saturated rings. The van der Waals surface area contributed by atoms with Crippen molar-refractivity contribution in [3.63, 3.8) is 0 Å². The van der Waals surface area contributed by atoms with Gasteiger partial charge in [0.05, 0.1) is 0 Å². The van der Waals surface area contributed by atoms with Crippen molar-refractivity contribution in [1.82, 2.24) is 0 Å². The quantitative estimate of drug-likeness (QED) is 0.583. The van der Waals surface area contributed by atoms with Crippen LogP contribution in [0.15, 0.2) is 64.0 Å². The predicted octanol–water partition coefficient (Wildman–Crippen LogP) is -0.985. The molecule has 4 rings (SSSR count). The second-order valence-electron chi connectivity index (χ2n) is 6.52. The molecule has 0 aliphatic heterocycles. The number of halogens is 2. The minimum absolute atomic E-state index is 0. The van der Waals surface area contributed by atoms with Crippen molar-refractivity contribution in [3.05, 3.63) is 75.1 Å². The summed E-state index contributed by atoms with van der Waals surface area (Å²) in [6.07, 6.45) is 8.08. The largest absolute Gasteiger partial charge is 1.00 e. The predicted molar refractivity (Wildman–Crippen MR) is 90.0 cm³/mol. The van der Waals surface area contributed by atoms with Crippen LogP contribution in [0.25, 0.3) is 11.1 Å². The third-order valence-electron chi connectivity index (χ3n) is 4.74. The van der Waals surface area contributed by atoms with Crippen LogP contribution in [0, 0.1) is 5.92 Å². The summed E-state index contributed by atoms with van der Waals surface area (Å²) in [4.78, 5) is 0. The number of benzene rings is 2. The first-order chi connectivity index (χ1) is 10.8. The Morgan fingerprint density at radius 2 is 1.71 bits per heavy atom. The zero-order valence-electron chi connectivity index (χ0n) is 13.9. The SMILES string of the molecule is CC(C)C1c2ccccc2-c2ccc[c]([Zr+2][C]3=CC=CC3)c21.[Cl-].[Cl-]. The Morgan fingerprint density at radius 1 is 0.958 bits per heavy atom. The molecular weight excluding hydrogens is 414 g/mol. The Bertz CT molecular complexity index is 790. The molecule has 2 aromatic carbocycles. The third-order valence-corrected chi connectivity index (χ3v) is 8.17. The average Bonchev–Trinajstić information content (AvgIpc) is 3.13. The maximum absolute atomic E-state index is 2.41. The molecule has 2 aliphatic carbocycles. The Kier molecular flexibility index (Phi) is 6.71. The summed E-state index contributed by atoms with van der Waals surface area (Å²) in [5, 5.41) is 0. The molecular formula is C21H20Cl2Zr. The van der Waals surface area contributed by atoms with Crippen LogP contribution in [0.3, 0.4) is 0 Å². The molecule has 1 atom stereocenters. The Labute approximate surface area is 168 Å². The van der Waals surface area contributed by atoms with Crippen LogP contribution in [0.4, 0.5) is 0 Å². The normalized spacial score (nSPS) is 16.6. The van der Waals surface area contributed by atoms with E-state index in [2.05, 4.69) is 74.5 Å². The molecule has 0 aromatic heterocycles. The van der Waals surface area contributed by atoms with Crippen molar-refractivity contribution < 1.29 is 48.0 Å². The van der Waals surface area contributed by atoms with Crippen LogP contribution in [0.1, 0.15) is 37.3 Å². The number of hydrogen-bond acceptors (Lipinski definition) is 0. The van der Waals surface area contributed by atoms with E-state index in [-0.39, 0.29) is 24.8 Å². The molecule has 0 nitrogen and oxygen atoms in total.